The van der Waals surface area contributed by atoms with Crippen LogP contribution in [-0.4, -0.2) is 21.0 Å². The average Bonchev–Trinajstić information content (AvgIpc) is 2.85. The number of aromatic nitrogens is 2. The molecule has 0 aliphatic rings. The summed E-state index contributed by atoms with van der Waals surface area (Å²) in [5.74, 6) is 0.367. The second-order valence-electron chi connectivity index (χ2n) is 7.77. The molecule has 5 rings (SSSR count). The molecule has 160 valence electrons. The summed E-state index contributed by atoms with van der Waals surface area (Å²) in [5.41, 5.74) is 3.85. The molecule has 0 aliphatic carbocycles. The van der Waals surface area contributed by atoms with Gasteiger partial charge in [0.2, 0.25) is 5.91 Å². The van der Waals surface area contributed by atoms with Crippen molar-refractivity contribution in [3.05, 3.63) is 109 Å². The van der Waals surface area contributed by atoms with E-state index in [4.69, 9.17) is 4.98 Å². The predicted octanol–water partition coefficient (Wildman–Crippen LogP) is 5.85. The molecule has 5 nitrogen and oxygen atoms in total. The number of hydrogen-bond donors (Lipinski definition) is 2. The molecule has 1 amide bonds. The number of carbonyl (C=O) groups excluding carboxylic acids is 1. The van der Waals surface area contributed by atoms with Crippen molar-refractivity contribution in [2.45, 2.75) is 6.42 Å². The molecule has 1 aromatic heterocycles. The van der Waals surface area contributed by atoms with Crippen molar-refractivity contribution in [2.24, 2.45) is 0 Å². The lowest BCUT2D eigenvalue weighted by Crippen LogP contribution is -2.16. The molecule has 0 saturated heterocycles. The Kier molecular flexibility index (Phi) is 5.52. The molecule has 1 heterocycles. The van der Waals surface area contributed by atoms with Gasteiger partial charge in [0, 0.05) is 11.1 Å². The molecule has 4 aromatic carbocycles. The van der Waals surface area contributed by atoms with Gasteiger partial charge in [-0.3, -0.25) is 4.79 Å². The topological polar surface area (TPSA) is 75.1 Å². The van der Waals surface area contributed by atoms with E-state index in [1.807, 2.05) is 72.8 Å². The van der Waals surface area contributed by atoms with E-state index < -0.39 is 0 Å². The van der Waals surface area contributed by atoms with Crippen molar-refractivity contribution in [3.8, 4) is 28.3 Å². The number of carbonyl (C=O) groups is 1. The van der Waals surface area contributed by atoms with E-state index in [0.29, 0.717) is 17.2 Å². The van der Waals surface area contributed by atoms with Crippen molar-refractivity contribution in [1.29, 1.82) is 0 Å². The maximum Gasteiger partial charge on any atom is 0.230 e. The number of fused-ring (bicyclic) bond motifs is 1. The van der Waals surface area contributed by atoms with E-state index in [1.165, 1.54) is 0 Å². The summed E-state index contributed by atoms with van der Waals surface area (Å²) in [6.45, 7) is 0. The van der Waals surface area contributed by atoms with Gasteiger partial charge in [0.15, 0.2) is 5.82 Å². The van der Waals surface area contributed by atoms with Crippen LogP contribution in [0.25, 0.3) is 33.3 Å². The van der Waals surface area contributed by atoms with Crippen LogP contribution in [0, 0.1) is 0 Å². The molecule has 0 bridgehead atoms. The Morgan fingerprint density at radius 2 is 1.52 bits per heavy atom. The van der Waals surface area contributed by atoms with Crippen molar-refractivity contribution in [2.75, 3.05) is 5.32 Å². The first kappa shape index (κ1) is 20.4. The monoisotopic (exact) mass is 431 g/mol. The van der Waals surface area contributed by atoms with Gasteiger partial charge in [0.25, 0.3) is 0 Å². The highest BCUT2D eigenvalue weighted by Gasteiger charge is 2.15. The lowest BCUT2D eigenvalue weighted by atomic mass is 10.0. The molecule has 0 spiro atoms. The number of rotatable bonds is 5. The molecule has 0 unspecified atom stereocenters. The van der Waals surface area contributed by atoms with Crippen LogP contribution < -0.4 is 5.32 Å². The molecular formula is C28H21N3O2. The lowest BCUT2D eigenvalue weighted by Gasteiger charge is -2.12. The number of amides is 1. The first-order chi connectivity index (χ1) is 16.2. The van der Waals surface area contributed by atoms with Crippen LogP contribution >= 0.6 is 0 Å². The van der Waals surface area contributed by atoms with Gasteiger partial charge in [0.05, 0.1) is 18.3 Å². The van der Waals surface area contributed by atoms with Crippen molar-refractivity contribution >= 4 is 22.5 Å². The SMILES string of the molecule is O=C(Cc1ccc2ccccc2c1)Nc1ncc(-c2ccccc2)nc1-c1ccc(O)cc1. The van der Waals surface area contributed by atoms with Gasteiger partial charge in [-0.2, -0.15) is 0 Å². The van der Waals surface area contributed by atoms with E-state index in [-0.39, 0.29) is 18.1 Å². The average molecular weight is 431 g/mol. The zero-order chi connectivity index (χ0) is 22.6. The fraction of sp³-hybridized carbons (Fsp3) is 0.0357. The maximum absolute atomic E-state index is 12.9. The van der Waals surface area contributed by atoms with Crippen LogP contribution in [0.5, 0.6) is 5.75 Å². The smallest absolute Gasteiger partial charge is 0.230 e. The molecule has 0 atom stereocenters. The van der Waals surface area contributed by atoms with Crippen LogP contribution in [0.3, 0.4) is 0 Å². The zero-order valence-corrected chi connectivity index (χ0v) is 17.8. The van der Waals surface area contributed by atoms with Gasteiger partial charge >= 0.3 is 0 Å². The first-order valence-electron chi connectivity index (χ1n) is 10.6. The Labute approximate surface area is 191 Å². The highest BCUT2D eigenvalue weighted by Crippen LogP contribution is 2.29. The molecule has 0 fully saturated rings. The van der Waals surface area contributed by atoms with E-state index in [9.17, 15) is 9.90 Å². The summed E-state index contributed by atoms with van der Waals surface area (Å²) < 4.78 is 0. The van der Waals surface area contributed by atoms with Gasteiger partial charge in [-0.05, 0) is 40.6 Å². The summed E-state index contributed by atoms with van der Waals surface area (Å²) >= 11 is 0. The third kappa shape index (κ3) is 4.57. The van der Waals surface area contributed by atoms with Crippen LogP contribution in [0.15, 0.2) is 103 Å². The molecule has 0 aliphatic heterocycles. The summed E-state index contributed by atoms with van der Waals surface area (Å²) in [6.07, 6.45) is 1.88. The van der Waals surface area contributed by atoms with Crippen molar-refractivity contribution in [1.82, 2.24) is 9.97 Å². The molecule has 33 heavy (non-hydrogen) atoms. The van der Waals surface area contributed by atoms with E-state index in [1.54, 1.807) is 30.5 Å². The number of nitrogens with zero attached hydrogens (tertiary/aromatic N) is 2. The fourth-order valence-corrected chi connectivity index (χ4v) is 3.76. The number of anilines is 1. The van der Waals surface area contributed by atoms with Crippen LogP contribution in [-0.2, 0) is 11.2 Å². The summed E-state index contributed by atoms with van der Waals surface area (Å²) in [5, 5.41) is 14.8. The van der Waals surface area contributed by atoms with E-state index in [0.717, 1.165) is 27.5 Å². The second kappa shape index (κ2) is 8.93. The van der Waals surface area contributed by atoms with E-state index >= 15 is 0 Å². The van der Waals surface area contributed by atoms with Gasteiger partial charge in [-0.1, -0.05) is 72.8 Å². The standard InChI is InChI=1S/C28H21N3O2/c32-24-14-12-22(13-15-24)27-28(29-18-25(30-27)21-7-2-1-3-8-21)31-26(33)17-19-10-11-20-6-4-5-9-23(20)16-19/h1-16,18,32H,17H2,(H,29,31,33). The molecular weight excluding hydrogens is 410 g/mol. The van der Waals surface area contributed by atoms with Crippen LogP contribution in [0.2, 0.25) is 0 Å². The minimum absolute atomic E-state index is 0.160. The van der Waals surface area contributed by atoms with Gasteiger partial charge in [-0.25, -0.2) is 9.97 Å². The highest BCUT2D eigenvalue weighted by molar-refractivity contribution is 5.95. The second-order valence-corrected chi connectivity index (χ2v) is 7.77. The molecule has 0 radical (unpaired) electrons. The Bertz CT molecular complexity index is 1430. The normalized spacial score (nSPS) is 10.8. The Hall–Kier alpha value is -4.51. The van der Waals surface area contributed by atoms with Crippen LogP contribution in [0.4, 0.5) is 5.82 Å². The van der Waals surface area contributed by atoms with Crippen LogP contribution in [0.1, 0.15) is 5.56 Å². The number of benzene rings is 4. The van der Waals surface area contributed by atoms with Gasteiger partial charge in [-0.15, -0.1) is 0 Å². The molecule has 0 saturated carbocycles. The molecule has 5 heteroatoms. The number of phenolic OH excluding ortho intramolecular Hbond substituents is 1. The fourth-order valence-electron chi connectivity index (χ4n) is 3.76. The predicted molar refractivity (Wildman–Crippen MR) is 131 cm³/mol. The summed E-state index contributed by atoms with van der Waals surface area (Å²) in [6, 6.07) is 30.5. The van der Waals surface area contributed by atoms with Crippen molar-refractivity contribution in [3.63, 3.8) is 0 Å². The number of nitrogens with one attached hydrogen (secondary N) is 1. The van der Waals surface area contributed by atoms with Gasteiger partial charge in [0.1, 0.15) is 11.4 Å². The Morgan fingerprint density at radius 3 is 2.30 bits per heavy atom. The van der Waals surface area contributed by atoms with E-state index in [2.05, 4.69) is 10.3 Å². The minimum Gasteiger partial charge on any atom is -0.508 e. The quantitative estimate of drug-likeness (QED) is 0.366. The molecule has 5 aromatic rings. The zero-order valence-electron chi connectivity index (χ0n) is 17.8. The minimum atomic E-state index is -0.174. The first-order valence-corrected chi connectivity index (χ1v) is 10.6. The third-order valence-electron chi connectivity index (χ3n) is 5.42. The van der Waals surface area contributed by atoms with Crippen molar-refractivity contribution < 1.29 is 9.90 Å². The third-order valence-corrected chi connectivity index (χ3v) is 5.42. The number of aromatic hydroxyl groups is 1. The Balaban J connectivity index is 1.45. The largest absolute Gasteiger partial charge is 0.508 e. The summed E-state index contributed by atoms with van der Waals surface area (Å²) in [4.78, 5) is 22.2. The number of hydrogen-bond acceptors (Lipinski definition) is 4. The lowest BCUT2D eigenvalue weighted by molar-refractivity contribution is -0.115. The Morgan fingerprint density at radius 1 is 0.788 bits per heavy atom. The molecule has 2 N–H and O–H groups in total. The maximum atomic E-state index is 12.9. The highest BCUT2D eigenvalue weighted by atomic mass is 16.3. The number of phenols is 1. The van der Waals surface area contributed by atoms with Gasteiger partial charge < -0.3 is 10.4 Å². The summed E-state index contributed by atoms with van der Waals surface area (Å²) in [7, 11) is 0.